The summed E-state index contributed by atoms with van der Waals surface area (Å²) in [6, 6.07) is 13.3. The summed E-state index contributed by atoms with van der Waals surface area (Å²) in [6.45, 7) is 1.12. The number of phenols is 1. The molecule has 19 heavy (non-hydrogen) atoms. The van der Waals surface area contributed by atoms with Gasteiger partial charge in [-0.1, -0.05) is 24.3 Å². The Morgan fingerprint density at radius 2 is 1.89 bits per heavy atom. The molecule has 0 radical (unpaired) electrons. The zero-order valence-corrected chi connectivity index (χ0v) is 10.4. The second-order valence-electron chi connectivity index (χ2n) is 4.28. The van der Waals surface area contributed by atoms with Gasteiger partial charge in [0.2, 0.25) is 0 Å². The molecule has 2 aromatic carbocycles. The molecule has 4 nitrogen and oxygen atoms in total. The van der Waals surface area contributed by atoms with Crippen molar-refractivity contribution in [1.29, 1.82) is 0 Å². The quantitative estimate of drug-likeness (QED) is 0.778. The van der Waals surface area contributed by atoms with Crippen LogP contribution in [0.25, 0.3) is 10.8 Å². The lowest BCUT2D eigenvalue weighted by Gasteiger charge is -2.09. The molecule has 1 heterocycles. The second kappa shape index (κ2) is 5.02. The lowest BCUT2D eigenvalue weighted by Crippen LogP contribution is -2.08. The smallest absolute Gasteiger partial charge is 0.161 e. The van der Waals surface area contributed by atoms with E-state index in [9.17, 15) is 5.11 Å². The molecule has 1 aromatic heterocycles. The number of benzene rings is 2. The average Bonchev–Trinajstić information content (AvgIpc) is 2.92. The van der Waals surface area contributed by atoms with Crippen LogP contribution in [0.15, 0.2) is 54.9 Å². The van der Waals surface area contributed by atoms with E-state index in [4.69, 9.17) is 4.74 Å². The van der Waals surface area contributed by atoms with Crippen LogP contribution in [0.1, 0.15) is 0 Å². The number of ether oxygens (including phenoxy) is 1. The minimum atomic E-state index is 0.166. The van der Waals surface area contributed by atoms with Gasteiger partial charge in [0.05, 0.1) is 6.54 Å². The first-order valence-electron chi connectivity index (χ1n) is 6.15. The monoisotopic (exact) mass is 254 g/mol. The maximum Gasteiger partial charge on any atom is 0.161 e. The van der Waals surface area contributed by atoms with E-state index in [1.807, 2.05) is 42.6 Å². The predicted molar refractivity (Wildman–Crippen MR) is 73.3 cm³/mol. The average molecular weight is 254 g/mol. The van der Waals surface area contributed by atoms with Gasteiger partial charge in [0.15, 0.2) is 11.5 Å². The van der Waals surface area contributed by atoms with Gasteiger partial charge in [-0.3, -0.25) is 4.68 Å². The Morgan fingerprint density at radius 1 is 1.11 bits per heavy atom. The summed E-state index contributed by atoms with van der Waals surface area (Å²) in [7, 11) is 0. The summed E-state index contributed by atoms with van der Waals surface area (Å²) in [5, 5.41) is 16.1. The molecule has 0 saturated carbocycles. The molecule has 0 bridgehead atoms. The van der Waals surface area contributed by atoms with Crippen molar-refractivity contribution in [3.63, 3.8) is 0 Å². The summed E-state index contributed by atoms with van der Waals surface area (Å²) in [5.41, 5.74) is 0. The Kier molecular flexibility index (Phi) is 3.06. The van der Waals surface area contributed by atoms with E-state index in [-0.39, 0.29) is 5.75 Å². The summed E-state index contributed by atoms with van der Waals surface area (Å²) >= 11 is 0. The van der Waals surface area contributed by atoms with Crippen LogP contribution in [0.4, 0.5) is 0 Å². The van der Waals surface area contributed by atoms with Crippen LogP contribution in [0.3, 0.4) is 0 Å². The number of hydrogen-bond acceptors (Lipinski definition) is 3. The van der Waals surface area contributed by atoms with Gasteiger partial charge in [0, 0.05) is 12.4 Å². The van der Waals surface area contributed by atoms with Crippen LogP contribution in [-0.2, 0) is 6.54 Å². The van der Waals surface area contributed by atoms with Crippen molar-refractivity contribution >= 4 is 10.8 Å². The number of rotatable bonds is 4. The van der Waals surface area contributed by atoms with Crippen molar-refractivity contribution in [2.45, 2.75) is 6.54 Å². The van der Waals surface area contributed by atoms with Gasteiger partial charge < -0.3 is 9.84 Å². The minimum absolute atomic E-state index is 0.166. The number of aromatic nitrogens is 2. The SMILES string of the molecule is Oc1cc2ccccc2cc1OCCn1cccn1. The summed E-state index contributed by atoms with van der Waals surface area (Å²) in [6.07, 6.45) is 3.61. The lowest BCUT2D eigenvalue weighted by molar-refractivity contribution is 0.278. The Balaban J connectivity index is 1.75. The van der Waals surface area contributed by atoms with E-state index in [1.54, 1.807) is 16.9 Å². The van der Waals surface area contributed by atoms with Crippen LogP contribution in [0, 0.1) is 0 Å². The normalized spacial score (nSPS) is 10.7. The fourth-order valence-electron chi connectivity index (χ4n) is 2.00. The van der Waals surface area contributed by atoms with Crippen LogP contribution in [0.2, 0.25) is 0 Å². The first kappa shape index (κ1) is 11.6. The van der Waals surface area contributed by atoms with Gasteiger partial charge in [0.25, 0.3) is 0 Å². The largest absolute Gasteiger partial charge is 0.504 e. The maximum absolute atomic E-state index is 9.92. The van der Waals surface area contributed by atoms with Crippen molar-refractivity contribution in [3.05, 3.63) is 54.9 Å². The van der Waals surface area contributed by atoms with Crippen LogP contribution in [-0.4, -0.2) is 21.5 Å². The fourth-order valence-corrected chi connectivity index (χ4v) is 2.00. The zero-order chi connectivity index (χ0) is 13.1. The summed E-state index contributed by atoms with van der Waals surface area (Å²) in [4.78, 5) is 0. The van der Waals surface area contributed by atoms with Crippen molar-refractivity contribution in [2.75, 3.05) is 6.61 Å². The van der Waals surface area contributed by atoms with Crippen molar-refractivity contribution in [2.24, 2.45) is 0 Å². The van der Waals surface area contributed by atoms with Gasteiger partial charge in [-0.2, -0.15) is 5.10 Å². The highest BCUT2D eigenvalue weighted by molar-refractivity contribution is 5.85. The number of nitrogens with zero attached hydrogens (tertiary/aromatic N) is 2. The van der Waals surface area contributed by atoms with E-state index in [1.165, 1.54) is 0 Å². The third kappa shape index (κ3) is 2.52. The highest BCUT2D eigenvalue weighted by Gasteiger charge is 2.04. The van der Waals surface area contributed by atoms with Crippen molar-refractivity contribution in [1.82, 2.24) is 9.78 Å². The Hall–Kier alpha value is -2.49. The van der Waals surface area contributed by atoms with Crippen LogP contribution < -0.4 is 4.74 Å². The maximum atomic E-state index is 9.92. The molecule has 0 fully saturated rings. The standard InChI is InChI=1S/C15H14N2O2/c18-14-10-12-4-1-2-5-13(12)11-15(14)19-9-8-17-7-3-6-16-17/h1-7,10-11,18H,8-9H2. The van der Waals surface area contributed by atoms with Gasteiger partial charge >= 0.3 is 0 Å². The Morgan fingerprint density at radius 3 is 2.63 bits per heavy atom. The molecule has 3 aromatic rings. The first-order valence-corrected chi connectivity index (χ1v) is 6.15. The molecule has 0 unspecified atom stereocenters. The second-order valence-corrected chi connectivity index (χ2v) is 4.28. The molecular weight excluding hydrogens is 240 g/mol. The van der Waals surface area contributed by atoms with Crippen LogP contribution in [0.5, 0.6) is 11.5 Å². The van der Waals surface area contributed by atoms with E-state index >= 15 is 0 Å². The molecule has 0 atom stereocenters. The molecule has 3 rings (SSSR count). The number of aromatic hydroxyl groups is 1. The molecule has 0 amide bonds. The molecule has 96 valence electrons. The number of fused-ring (bicyclic) bond motifs is 1. The molecule has 0 spiro atoms. The van der Waals surface area contributed by atoms with E-state index in [0.29, 0.717) is 18.9 Å². The molecule has 0 aliphatic heterocycles. The number of hydrogen-bond donors (Lipinski definition) is 1. The highest BCUT2D eigenvalue weighted by Crippen LogP contribution is 2.31. The van der Waals surface area contributed by atoms with Gasteiger partial charge in [-0.25, -0.2) is 0 Å². The van der Waals surface area contributed by atoms with E-state index < -0.39 is 0 Å². The third-order valence-electron chi connectivity index (χ3n) is 2.96. The molecule has 1 N–H and O–H groups in total. The molecule has 0 saturated heterocycles. The first-order chi connectivity index (χ1) is 9.33. The number of phenolic OH excluding ortho intramolecular Hbond substituents is 1. The summed E-state index contributed by atoms with van der Waals surface area (Å²) < 4.78 is 7.40. The Labute approximate surface area is 110 Å². The van der Waals surface area contributed by atoms with E-state index in [0.717, 1.165) is 10.8 Å². The van der Waals surface area contributed by atoms with Crippen molar-refractivity contribution in [3.8, 4) is 11.5 Å². The molecule has 0 aliphatic rings. The predicted octanol–water partition coefficient (Wildman–Crippen LogP) is 2.82. The van der Waals surface area contributed by atoms with E-state index in [2.05, 4.69) is 5.10 Å². The van der Waals surface area contributed by atoms with Gasteiger partial charge in [0.1, 0.15) is 6.61 Å². The Bertz CT molecular complexity index is 678. The molecule has 0 aliphatic carbocycles. The minimum Gasteiger partial charge on any atom is -0.504 e. The van der Waals surface area contributed by atoms with Crippen LogP contribution >= 0.6 is 0 Å². The zero-order valence-electron chi connectivity index (χ0n) is 10.4. The van der Waals surface area contributed by atoms with Gasteiger partial charge in [-0.15, -0.1) is 0 Å². The fraction of sp³-hybridized carbons (Fsp3) is 0.133. The van der Waals surface area contributed by atoms with Crippen molar-refractivity contribution < 1.29 is 9.84 Å². The highest BCUT2D eigenvalue weighted by atomic mass is 16.5. The summed E-state index contributed by atoms with van der Waals surface area (Å²) in [5.74, 6) is 0.671. The molecule has 4 heteroatoms. The molecular formula is C15H14N2O2. The van der Waals surface area contributed by atoms with Gasteiger partial charge in [-0.05, 0) is 29.0 Å². The lowest BCUT2D eigenvalue weighted by atomic mass is 10.1. The third-order valence-corrected chi connectivity index (χ3v) is 2.96. The topological polar surface area (TPSA) is 47.3 Å².